The molecule has 0 aromatic carbocycles. The van der Waals surface area contributed by atoms with Crippen molar-refractivity contribution in [3.63, 3.8) is 0 Å². The van der Waals surface area contributed by atoms with E-state index in [-0.39, 0.29) is 12.0 Å². The Labute approximate surface area is 133 Å². The molecular formula is C15H22F3N3O2. The summed E-state index contributed by atoms with van der Waals surface area (Å²) in [6.45, 7) is 3.20. The summed E-state index contributed by atoms with van der Waals surface area (Å²) in [5, 5.41) is 0. The summed E-state index contributed by atoms with van der Waals surface area (Å²) in [4.78, 5) is 18.0. The number of amides is 1. The summed E-state index contributed by atoms with van der Waals surface area (Å²) < 4.78 is 42.7. The predicted molar refractivity (Wildman–Crippen MR) is 78.0 cm³/mol. The summed E-state index contributed by atoms with van der Waals surface area (Å²) in [7, 11) is 0. The lowest BCUT2D eigenvalue weighted by Gasteiger charge is -2.34. The molecule has 1 unspecified atom stereocenters. The number of carbonyl (C=O) groups is 1. The molecule has 0 spiro atoms. The van der Waals surface area contributed by atoms with Gasteiger partial charge in [0.2, 0.25) is 5.91 Å². The number of aromatic nitrogens is 2. The second kappa shape index (κ2) is 7.33. The lowest BCUT2D eigenvalue weighted by molar-refractivity contribution is -0.178. The highest BCUT2D eigenvalue weighted by Gasteiger charge is 2.30. The molecule has 23 heavy (non-hydrogen) atoms. The first-order valence-electron chi connectivity index (χ1n) is 7.73. The lowest BCUT2D eigenvalue weighted by atomic mass is 10.0. The number of ether oxygens (including phenoxy) is 1. The van der Waals surface area contributed by atoms with Gasteiger partial charge in [-0.1, -0.05) is 13.8 Å². The van der Waals surface area contributed by atoms with E-state index in [2.05, 4.69) is 28.1 Å². The van der Waals surface area contributed by atoms with Crippen LogP contribution in [0.2, 0.25) is 0 Å². The fourth-order valence-electron chi connectivity index (χ4n) is 2.83. The van der Waals surface area contributed by atoms with Crippen molar-refractivity contribution in [1.29, 1.82) is 0 Å². The zero-order chi connectivity index (χ0) is 17.0. The number of hydrogen-bond acceptors (Lipinski definition) is 3. The van der Waals surface area contributed by atoms with Crippen LogP contribution in [0.5, 0.6) is 0 Å². The lowest BCUT2D eigenvalue weighted by Crippen LogP contribution is -2.43. The number of hydrogen-bond donors (Lipinski definition) is 0. The standard InChI is InChI=1S/C15H22F3N3O2/c1-11(2)14-19-5-7-21(14)12-4-3-6-20(8-12)13(22)9-23-10-15(16,17)18/h5,7,11-12H,3-4,6,8-10H2,1-2H3. The van der Waals surface area contributed by atoms with Crippen LogP contribution >= 0.6 is 0 Å². The van der Waals surface area contributed by atoms with Gasteiger partial charge < -0.3 is 14.2 Å². The van der Waals surface area contributed by atoms with Crippen molar-refractivity contribution in [2.75, 3.05) is 26.3 Å². The molecule has 1 aromatic heterocycles. The van der Waals surface area contributed by atoms with Crippen LogP contribution in [0.4, 0.5) is 13.2 Å². The van der Waals surface area contributed by atoms with Crippen molar-refractivity contribution in [2.45, 2.75) is 44.8 Å². The second-order valence-corrected chi connectivity index (χ2v) is 6.09. The average Bonchev–Trinajstić information content (AvgIpc) is 2.95. The van der Waals surface area contributed by atoms with Crippen molar-refractivity contribution >= 4 is 5.91 Å². The average molecular weight is 333 g/mol. The first kappa shape index (κ1) is 17.8. The molecule has 8 heteroatoms. The van der Waals surface area contributed by atoms with Crippen LogP contribution in [0.25, 0.3) is 0 Å². The topological polar surface area (TPSA) is 47.4 Å². The van der Waals surface area contributed by atoms with E-state index in [4.69, 9.17) is 0 Å². The number of alkyl halides is 3. The first-order chi connectivity index (χ1) is 10.8. The molecule has 1 aliphatic rings. The number of carbonyl (C=O) groups excluding carboxylic acids is 1. The van der Waals surface area contributed by atoms with E-state index >= 15 is 0 Å². The summed E-state index contributed by atoms with van der Waals surface area (Å²) >= 11 is 0. The minimum absolute atomic E-state index is 0.107. The van der Waals surface area contributed by atoms with Crippen molar-refractivity contribution in [3.8, 4) is 0 Å². The molecule has 2 rings (SSSR count). The van der Waals surface area contributed by atoms with Crippen LogP contribution in [0, 0.1) is 0 Å². The molecule has 0 radical (unpaired) electrons. The van der Waals surface area contributed by atoms with Crippen LogP contribution in [-0.2, 0) is 9.53 Å². The number of imidazole rings is 1. The zero-order valence-electron chi connectivity index (χ0n) is 13.3. The largest absolute Gasteiger partial charge is 0.411 e. The van der Waals surface area contributed by atoms with Gasteiger partial charge in [-0.2, -0.15) is 13.2 Å². The highest BCUT2D eigenvalue weighted by atomic mass is 19.4. The van der Waals surface area contributed by atoms with E-state index in [9.17, 15) is 18.0 Å². The van der Waals surface area contributed by atoms with Gasteiger partial charge in [0, 0.05) is 31.4 Å². The molecule has 1 aromatic rings. The Hall–Kier alpha value is -1.57. The third kappa shape index (κ3) is 4.95. The van der Waals surface area contributed by atoms with Crippen molar-refractivity contribution in [3.05, 3.63) is 18.2 Å². The third-order valence-corrected chi connectivity index (χ3v) is 3.85. The number of piperidine rings is 1. The summed E-state index contributed by atoms with van der Waals surface area (Å²) in [5.74, 6) is 0.828. The monoisotopic (exact) mass is 333 g/mol. The Balaban J connectivity index is 1.92. The molecule has 1 aliphatic heterocycles. The third-order valence-electron chi connectivity index (χ3n) is 3.85. The first-order valence-corrected chi connectivity index (χ1v) is 7.73. The molecule has 0 saturated carbocycles. The van der Waals surface area contributed by atoms with Crippen LogP contribution < -0.4 is 0 Å². The maximum absolute atomic E-state index is 12.1. The minimum atomic E-state index is -4.41. The van der Waals surface area contributed by atoms with Crippen LogP contribution in [-0.4, -0.2) is 52.8 Å². The molecule has 1 amide bonds. The smallest absolute Gasteiger partial charge is 0.362 e. The maximum atomic E-state index is 12.1. The normalized spacial score (nSPS) is 19.4. The van der Waals surface area contributed by atoms with Crippen LogP contribution in [0.1, 0.15) is 44.5 Å². The molecular weight excluding hydrogens is 311 g/mol. The molecule has 1 fully saturated rings. The maximum Gasteiger partial charge on any atom is 0.411 e. The second-order valence-electron chi connectivity index (χ2n) is 6.09. The van der Waals surface area contributed by atoms with E-state index < -0.39 is 25.3 Å². The zero-order valence-corrected chi connectivity index (χ0v) is 13.3. The number of rotatable bonds is 5. The van der Waals surface area contributed by atoms with E-state index in [1.54, 1.807) is 11.1 Å². The van der Waals surface area contributed by atoms with Crippen molar-refractivity contribution < 1.29 is 22.7 Å². The Morgan fingerprint density at radius 3 is 2.87 bits per heavy atom. The van der Waals surface area contributed by atoms with Gasteiger partial charge in [-0.05, 0) is 12.8 Å². The molecule has 2 heterocycles. The molecule has 0 bridgehead atoms. The molecule has 1 saturated heterocycles. The Morgan fingerprint density at radius 2 is 2.22 bits per heavy atom. The molecule has 130 valence electrons. The van der Waals surface area contributed by atoms with Crippen molar-refractivity contribution in [1.82, 2.24) is 14.5 Å². The quantitative estimate of drug-likeness (QED) is 0.832. The Bertz CT molecular complexity index is 528. The van der Waals surface area contributed by atoms with E-state index in [0.29, 0.717) is 13.1 Å². The summed E-state index contributed by atoms with van der Waals surface area (Å²) in [6, 6.07) is 0.107. The highest BCUT2D eigenvalue weighted by molar-refractivity contribution is 5.77. The van der Waals surface area contributed by atoms with Gasteiger partial charge in [-0.25, -0.2) is 4.98 Å². The van der Waals surface area contributed by atoms with E-state index in [1.165, 1.54) is 0 Å². The Kier molecular flexibility index (Phi) is 5.67. The van der Waals surface area contributed by atoms with Gasteiger partial charge in [-0.15, -0.1) is 0 Å². The van der Waals surface area contributed by atoms with Gasteiger partial charge in [0.15, 0.2) is 0 Å². The van der Waals surface area contributed by atoms with Gasteiger partial charge in [0.1, 0.15) is 19.0 Å². The van der Waals surface area contributed by atoms with Gasteiger partial charge >= 0.3 is 6.18 Å². The summed E-state index contributed by atoms with van der Waals surface area (Å²) in [5.41, 5.74) is 0. The molecule has 1 atom stereocenters. The van der Waals surface area contributed by atoms with E-state index in [1.807, 2.05) is 6.20 Å². The fraction of sp³-hybridized carbons (Fsp3) is 0.733. The fourth-order valence-corrected chi connectivity index (χ4v) is 2.83. The summed E-state index contributed by atoms with van der Waals surface area (Å²) in [6.07, 6.45) is 0.957. The molecule has 0 N–H and O–H groups in total. The molecule has 0 aliphatic carbocycles. The van der Waals surface area contributed by atoms with Crippen LogP contribution in [0.3, 0.4) is 0 Å². The number of nitrogens with zero attached hydrogens (tertiary/aromatic N) is 3. The van der Waals surface area contributed by atoms with E-state index in [0.717, 1.165) is 18.7 Å². The number of halogens is 3. The highest BCUT2D eigenvalue weighted by Crippen LogP contribution is 2.25. The Morgan fingerprint density at radius 1 is 1.48 bits per heavy atom. The minimum Gasteiger partial charge on any atom is -0.362 e. The van der Waals surface area contributed by atoms with Gasteiger partial charge in [0.05, 0.1) is 6.04 Å². The van der Waals surface area contributed by atoms with Crippen molar-refractivity contribution in [2.24, 2.45) is 0 Å². The number of likely N-dealkylation sites (tertiary alicyclic amines) is 1. The predicted octanol–water partition coefficient (Wildman–Crippen LogP) is 2.75. The molecule has 5 nitrogen and oxygen atoms in total. The SMILES string of the molecule is CC(C)c1nccn1C1CCCN(C(=O)COCC(F)(F)F)C1. The van der Waals surface area contributed by atoms with Gasteiger partial charge in [0.25, 0.3) is 0 Å². The van der Waals surface area contributed by atoms with Crippen LogP contribution in [0.15, 0.2) is 12.4 Å². The van der Waals surface area contributed by atoms with Gasteiger partial charge in [-0.3, -0.25) is 4.79 Å².